The Morgan fingerprint density at radius 3 is 2.75 bits per heavy atom. The van der Waals surface area contributed by atoms with Crippen molar-refractivity contribution < 1.29 is 5.11 Å². The predicted octanol–water partition coefficient (Wildman–Crippen LogP) is 1.88. The monoisotopic (exact) mass is 168 g/mol. The maximum atomic E-state index is 9.60. The van der Waals surface area contributed by atoms with Crippen LogP contribution in [0, 0.1) is 5.92 Å². The summed E-state index contributed by atoms with van der Waals surface area (Å²) in [5, 5.41) is 16.1. The maximum absolute atomic E-state index is 9.60. The molecule has 12 heavy (non-hydrogen) atoms. The second-order valence-electron chi connectivity index (χ2n) is 3.52. The van der Waals surface area contributed by atoms with E-state index < -0.39 is 0 Å². The molecule has 68 valence electrons. The molecule has 0 saturated carbocycles. The van der Waals surface area contributed by atoms with Crippen LogP contribution in [0.25, 0.3) is 0 Å². The van der Waals surface area contributed by atoms with E-state index in [-0.39, 0.29) is 6.10 Å². The zero-order valence-electron chi connectivity index (χ0n) is 7.62. The molecule has 1 rings (SSSR count). The third kappa shape index (κ3) is 2.66. The van der Waals surface area contributed by atoms with E-state index in [2.05, 4.69) is 24.0 Å². The van der Waals surface area contributed by atoms with Crippen molar-refractivity contribution in [2.24, 2.45) is 5.92 Å². The van der Waals surface area contributed by atoms with Gasteiger partial charge in [-0.15, -0.1) is 0 Å². The lowest BCUT2D eigenvalue weighted by molar-refractivity contribution is 0.159. The van der Waals surface area contributed by atoms with E-state index in [1.165, 1.54) is 0 Å². The van der Waals surface area contributed by atoms with Gasteiger partial charge >= 0.3 is 0 Å². The highest BCUT2D eigenvalue weighted by atomic mass is 16.3. The third-order valence-corrected chi connectivity index (χ3v) is 1.92. The Bertz CT molecular complexity index is 206. The zero-order valence-corrected chi connectivity index (χ0v) is 7.62. The summed E-state index contributed by atoms with van der Waals surface area (Å²) in [5.41, 5.74) is 0.885. The Kier molecular flexibility index (Phi) is 3.29. The van der Waals surface area contributed by atoms with Crippen molar-refractivity contribution in [1.29, 1.82) is 0 Å². The number of nitrogens with zero attached hydrogens (tertiary/aromatic N) is 1. The van der Waals surface area contributed by atoms with E-state index in [4.69, 9.17) is 0 Å². The lowest BCUT2D eigenvalue weighted by atomic mass is 10.0. The number of aliphatic hydroxyl groups excluding tert-OH is 1. The summed E-state index contributed by atoms with van der Waals surface area (Å²) < 4.78 is 0. The van der Waals surface area contributed by atoms with Gasteiger partial charge in [-0.05, 0) is 18.8 Å². The Morgan fingerprint density at radius 2 is 2.25 bits per heavy atom. The van der Waals surface area contributed by atoms with Gasteiger partial charge in [0.2, 0.25) is 0 Å². The Labute approximate surface area is 72.8 Å². The molecule has 1 aromatic rings. The first-order valence-corrected chi connectivity index (χ1v) is 4.37. The van der Waals surface area contributed by atoms with Gasteiger partial charge < -0.3 is 5.11 Å². The summed E-state index contributed by atoms with van der Waals surface area (Å²) in [4.78, 5) is 0. The molecule has 1 unspecified atom stereocenters. The van der Waals surface area contributed by atoms with Crippen LogP contribution in [0.15, 0.2) is 12.4 Å². The van der Waals surface area contributed by atoms with Gasteiger partial charge in [0.05, 0.1) is 12.3 Å². The molecular formula is C9H16N2O. The van der Waals surface area contributed by atoms with Crippen LogP contribution in [0.4, 0.5) is 0 Å². The molecular weight excluding hydrogens is 152 g/mol. The molecule has 0 fully saturated rings. The Balaban J connectivity index is 2.34. The van der Waals surface area contributed by atoms with Crippen LogP contribution in [0.1, 0.15) is 38.4 Å². The number of aromatic nitrogens is 2. The highest BCUT2D eigenvalue weighted by Gasteiger charge is 2.08. The molecule has 1 atom stereocenters. The Morgan fingerprint density at radius 1 is 1.50 bits per heavy atom. The average molecular weight is 168 g/mol. The number of aromatic amines is 1. The molecule has 0 aromatic carbocycles. The van der Waals surface area contributed by atoms with Crippen molar-refractivity contribution in [3.63, 3.8) is 0 Å². The molecule has 3 heteroatoms. The van der Waals surface area contributed by atoms with Crippen LogP contribution >= 0.6 is 0 Å². The first-order valence-electron chi connectivity index (χ1n) is 4.37. The summed E-state index contributed by atoms with van der Waals surface area (Å²) in [5.74, 6) is 0.645. The minimum Gasteiger partial charge on any atom is -0.388 e. The van der Waals surface area contributed by atoms with Gasteiger partial charge in [0.15, 0.2) is 0 Å². The van der Waals surface area contributed by atoms with Crippen molar-refractivity contribution in [3.05, 3.63) is 18.0 Å². The molecule has 0 radical (unpaired) electrons. The lowest BCUT2D eigenvalue weighted by Crippen LogP contribution is -1.98. The van der Waals surface area contributed by atoms with Gasteiger partial charge in [0.25, 0.3) is 0 Å². The number of hydrogen-bond acceptors (Lipinski definition) is 2. The molecule has 0 bridgehead atoms. The second-order valence-corrected chi connectivity index (χ2v) is 3.52. The van der Waals surface area contributed by atoms with Crippen LogP contribution in [0.3, 0.4) is 0 Å². The van der Waals surface area contributed by atoms with Gasteiger partial charge in [0, 0.05) is 11.8 Å². The quantitative estimate of drug-likeness (QED) is 0.721. The van der Waals surface area contributed by atoms with Crippen LogP contribution in [-0.4, -0.2) is 15.3 Å². The highest BCUT2D eigenvalue weighted by Crippen LogP contribution is 2.18. The van der Waals surface area contributed by atoms with Gasteiger partial charge in [-0.1, -0.05) is 13.8 Å². The molecule has 0 aliphatic carbocycles. The van der Waals surface area contributed by atoms with Crippen LogP contribution in [0.2, 0.25) is 0 Å². The highest BCUT2D eigenvalue weighted by molar-refractivity contribution is 5.06. The lowest BCUT2D eigenvalue weighted by Gasteiger charge is -2.09. The van der Waals surface area contributed by atoms with E-state index in [0.717, 1.165) is 18.4 Å². The second kappa shape index (κ2) is 4.26. The van der Waals surface area contributed by atoms with Crippen molar-refractivity contribution in [1.82, 2.24) is 10.2 Å². The molecule has 0 aliphatic rings. The molecule has 0 spiro atoms. The van der Waals surface area contributed by atoms with E-state index >= 15 is 0 Å². The van der Waals surface area contributed by atoms with Gasteiger partial charge in [-0.3, -0.25) is 5.10 Å². The Hall–Kier alpha value is -0.830. The fraction of sp³-hybridized carbons (Fsp3) is 0.667. The van der Waals surface area contributed by atoms with Crippen LogP contribution in [0.5, 0.6) is 0 Å². The summed E-state index contributed by atoms with van der Waals surface area (Å²) >= 11 is 0. The molecule has 1 aromatic heterocycles. The smallest absolute Gasteiger partial charge is 0.0820 e. The van der Waals surface area contributed by atoms with Crippen molar-refractivity contribution in [2.75, 3.05) is 0 Å². The fourth-order valence-corrected chi connectivity index (χ4v) is 1.10. The molecule has 1 heterocycles. The molecule has 0 amide bonds. The predicted molar refractivity (Wildman–Crippen MR) is 47.6 cm³/mol. The van der Waals surface area contributed by atoms with Gasteiger partial charge in [0.1, 0.15) is 0 Å². The number of nitrogens with one attached hydrogen (secondary N) is 1. The third-order valence-electron chi connectivity index (χ3n) is 1.92. The van der Waals surface area contributed by atoms with E-state index in [0.29, 0.717) is 5.92 Å². The first kappa shape index (κ1) is 9.26. The fourth-order valence-electron chi connectivity index (χ4n) is 1.10. The molecule has 3 nitrogen and oxygen atoms in total. The SMILES string of the molecule is CC(C)CCC(O)c1cn[nH]c1. The number of rotatable bonds is 4. The van der Waals surface area contributed by atoms with Crippen LogP contribution < -0.4 is 0 Å². The largest absolute Gasteiger partial charge is 0.388 e. The normalized spacial score (nSPS) is 13.7. The summed E-state index contributed by atoms with van der Waals surface area (Å²) in [6.07, 6.45) is 4.92. The van der Waals surface area contributed by atoms with Crippen molar-refractivity contribution in [2.45, 2.75) is 32.8 Å². The first-order chi connectivity index (χ1) is 5.70. The van der Waals surface area contributed by atoms with Crippen molar-refractivity contribution in [3.8, 4) is 0 Å². The van der Waals surface area contributed by atoms with Gasteiger partial charge in [-0.25, -0.2) is 0 Å². The van der Waals surface area contributed by atoms with Crippen molar-refractivity contribution >= 4 is 0 Å². The molecule has 2 N–H and O–H groups in total. The van der Waals surface area contributed by atoms with E-state index in [1.54, 1.807) is 12.4 Å². The maximum Gasteiger partial charge on any atom is 0.0820 e. The van der Waals surface area contributed by atoms with Gasteiger partial charge in [-0.2, -0.15) is 5.10 Å². The molecule has 0 saturated heterocycles. The zero-order chi connectivity index (χ0) is 8.97. The molecule has 0 aliphatic heterocycles. The summed E-state index contributed by atoms with van der Waals surface area (Å²) in [6, 6.07) is 0. The minimum absolute atomic E-state index is 0.355. The average Bonchev–Trinajstić information content (AvgIpc) is 2.51. The standard InChI is InChI=1S/C9H16N2O/c1-7(2)3-4-9(12)8-5-10-11-6-8/h5-7,9,12H,3-4H2,1-2H3,(H,10,11). The minimum atomic E-state index is -0.355. The summed E-state index contributed by atoms with van der Waals surface area (Å²) in [7, 11) is 0. The summed E-state index contributed by atoms with van der Waals surface area (Å²) in [6.45, 7) is 4.31. The van der Waals surface area contributed by atoms with Crippen LogP contribution in [-0.2, 0) is 0 Å². The topological polar surface area (TPSA) is 48.9 Å². The number of hydrogen-bond donors (Lipinski definition) is 2. The number of aliphatic hydroxyl groups is 1. The van der Waals surface area contributed by atoms with E-state index in [1.807, 2.05) is 0 Å². The van der Waals surface area contributed by atoms with E-state index in [9.17, 15) is 5.11 Å². The number of H-pyrrole nitrogens is 1.